The van der Waals surface area contributed by atoms with E-state index < -0.39 is 22.4 Å². The van der Waals surface area contributed by atoms with Gasteiger partial charge in [-0.3, -0.25) is 18.8 Å². The van der Waals surface area contributed by atoms with Crippen LogP contribution in [0.1, 0.15) is 16.7 Å². The first-order valence-electron chi connectivity index (χ1n) is 14.0. The van der Waals surface area contributed by atoms with Gasteiger partial charge in [0.05, 0.1) is 12.2 Å². The lowest BCUT2D eigenvalue weighted by Gasteiger charge is -2.32. The number of halogens is 2. The second-order valence-corrected chi connectivity index (χ2v) is 12.7. The molecule has 1 amide bonds. The Morgan fingerprint density at radius 2 is 1.74 bits per heavy atom. The molecule has 2 aliphatic rings. The van der Waals surface area contributed by atoms with Crippen LogP contribution in [0.2, 0.25) is 0 Å². The molecule has 220 valence electrons. The Morgan fingerprint density at radius 3 is 2.48 bits per heavy atom. The summed E-state index contributed by atoms with van der Waals surface area (Å²) in [6.45, 7) is 5.88. The van der Waals surface area contributed by atoms with Crippen LogP contribution in [-0.2, 0) is 28.7 Å². The first kappa shape index (κ1) is 28.4. The van der Waals surface area contributed by atoms with E-state index in [0.29, 0.717) is 61.5 Å². The van der Waals surface area contributed by atoms with Gasteiger partial charge < -0.3 is 14.8 Å². The minimum atomic E-state index is -0.853. The fraction of sp³-hybridized carbons (Fsp3) is 0.367. The SMILES string of the molecule is Cc1ccc(Nc2ncc3ccn(-c4cc(F)c(CN5CCS(=O)CC5)c(F)c4)c3n2)cc1CN1CCN(C)C(=O)C1. The number of fused-ring (bicyclic) bond motifs is 1. The number of hydrogen-bond donors (Lipinski definition) is 1. The molecule has 42 heavy (non-hydrogen) atoms. The van der Waals surface area contributed by atoms with Gasteiger partial charge in [-0.05, 0) is 48.4 Å². The number of nitrogens with zero attached hydrogens (tertiary/aromatic N) is 6. The van der Waals surface area contributed by atoms with Crippen molar-refractivity contribution in [2.45, 2.75) is 20.0 Å². The van der Waals surface area contributed by atoms with Gasteiger partial charge in [0.2, 0.25) is 11.9 Å². The monoisotopic (exact) mass is 593 g/mol. The van der Waals surface area contributed by atoms with Gasteiger partial charge in [-0.1, -0.05) is 6.07 Å². The number of nitrogens with one attached hydrogen (secondary N) is 1. The number of piperazine rings is 1. The summed E-state index contributed by atoms with van der Waals surface area (Å²) in [5.41, 5.74) is 3.88. The molecule has 4 heterocycles. The third-order valence-electron chi connectivity index (χ3n) is 8.02. The Labute approximate surface area is 245 Å². The van der Waals surface area contributed by atoms with Crippen molar-refractivity contribution in [3.63, 3.8) is 0 Å². The van der Waals surface area contributed by atoms with Crippen LogP contribution < -0.4 is 5.32 Å². The topological polar surface area (TPSA) is 86.6 Å². The molecule has 2 aromatic heterocycles. The first-order chi connectivity index (χ1) is 20.2. The molecular weight excluding hydrogens is 560 g/mol. The van der Waals surface area contributed by atoms with Crippen molar-refractivity contribution in [2.24, 2.45) is 0 Å². The molecule has 0 radical (unpaired) electrons. The number of benzene rings is 2. The summed E-state index contributed by atoms with van der Waals surface area (Å²) in [5.74, 6) is 0.266. The first-order valence-corrected chi connectivity index (χ1v) is 15.4. The molecule has 6 rings (SSSR count). The number of hydrogen-bond acceptors (Lipinski definition) is 7. The molecule has 1 N–H and O–H groups in total. The fourth-order valence-corrected chi connectivity index (χ4v) is 6.48. The highest BCUT2D eigenvalue weighted by Gasteiger charge is 2.22. The van der Waals surface area contributed by atoms with Crippen LogP contribution in [0.3, 0.4) is 0 Å². The Bertz CT molecular complexity index is 1640. The molecule has 2 aromatic carbocycles. The Hall–Kier alpha value is -3.74. The lowest BCUT2D eigenvalue weighted by molar-refractivity contribution is -0.134. The van der Waals surface area contributed by atoms with Crippen molar-refractivity contribution in [2.75, 3.05) is 56.6 Å². The summed E-state index contributed by atoms with van der Waals surface area (Å²) in [6, 6.07) is 10.5. The summed E-state index contributed by atoms with van der Waals surface area (Å²) in [6.07, 6.45) is 3.39. The van der Waals surface area contributed by atoms with E-state index in [9.17, 15) is 9.00 Å². The van der Waals surface area contributed by atoms with Crippen molar-refractivity contribution in [1.82, 2.24) is 29.2 Å². The molecule has 0 aliphatic carbocycles. The van der Waals surface area contributed by atoms with Crippen molar-refractivity contribution in [3.05, 3.63) is 77.1 Å². The summed E-state index contributed by atoms with van der Waals surface area (Å²) < 4.78 is 43.6. The quantitative estimate of drug-likeness (QED) is 0.351. The average molecular weight is 594 g/mol. The molecule has 2 aliphatic heterocycles. The van der Waals surface area contributed by atoms with E-state index in [1.54, 1.807) is 27.9 Å². The van der Waals surface area contributed by atoms with Crippen LogP contribution >= 0.6 is 0 Å². The van der Waals surface area contributed by atoms with E-state index in [4.69, 9.17) is 0 Å². The van der Waals surface area contributed by atoms with Crippen LogP contribution in [0.5, 0.6) is 0 Å². The number of rotatable bonds is 7. The highest BCUT2D eigenvalue weighted by atomic mass is 32.2. The average Bonchev–Trinajstić information content (AvgIpc) is 3.39. The molecule has 0 spiro atoms. The molecule has 12 heteroatoms. The minimum Gasteiger partial charge on any atom is -0.343 e. The Kier molecular flexibility index (Phi) is 8.02. The number of aryl methyl sites for hydroxylation is 1. The van der Waals surface area contributed by atoms with Gasteiger partial charge in [0.1, 0.15) is 17.3 Å². The predicted octanol–water partition coefficient (Wildman–Crippen LogP) is 3.59. The lowest BCUT2D eigenvalue weighted by Crippen LogP contribution is -2.48. The van der Waals surface area contributed by atoms with E-state index in [1.165, 1.54) is 12.1 Å². The summed E-state index contributed by atoms with van der Waals surface area (Å²) in [4.78, 5) is 27.1. The maximum Gasteiger partial charge on any atom is 0.236 e. The second-order valence-electron chi connectivity index (χ2n) is 11.0. The van der Waals surface area contributed by atoms with Crippen LogP contribution in [0.25, 0.3) is 16.7 Å². The van der Waals surface area contributed by atoms with E-state index in [1.807, 2.05) is 37.1 Å². The molecule has 0 atom stereocenters. The Morgan fingerprint density at radius 1 is 0.976 bits per heavy atom. The number of carbonyl (C=O) groups excluding carboxylic acids is 1. The highest BCUT2D eigenvalue weighted by Crippen LogP contribution is 2.26. The number of amides is 1. The minimum absolute atomic E-state index is 0.0102. The number of likely N-dealkylation sites (N-methyl/N-ethyl adjacent to an activating group) is 1. The smallest absolute Gasteiger partial charge is 0.236 e. The molecule has 0 bridgehead atoms. The Balaban J connectivity index is 1.21. The molecule has 2 fully saturated rings. The van der Waals surface area contributed by atoms with Crippen molar-refractivity contribution >= 4 is 39.4 Å². The van der Waals surface area contributed by atoms with Gasteiger partial charge in [0, 0.05) is 97.7 Å². The highest BCUT2D eigenvalue weighted by molar-refractivity contribution is 7.85. The molecule has 0 saturated carbocycles. The summed E-state index contributed by atoms with van der Waals surface area (Å²) >= 11 is 0. The zero-order chi connectivity index (χ0) is 29.4. The predicted molar refractivity (Wildman–Crippen MR) is 159 cm³/mol. The van der Waals surface area contributed by atoms with E-state index in [2.05, 4.69) is 20.2 Å². The van der Waals surface area contributed by atoms with Crippen LogP contribution in [0.15, 0.2) is 48.8 Å². The molecule has 0 unspecified atom stereocenters. The van der Waals surface area contributed by atoms with Gasteiger partial charge >= 0.3 is 0 Å². The second kappa shape index (κ2) is 11.9. The number of carbonyl (C=O) groups is 1. The zero-order valence-corrected chi connectivity index (χ0v) is 24.5. The maximum atomic E-state index is 15.2. The standard InChI is InChI=1S/C30H33F2N7O2S/c1-20-3-4-23(13-22(20)17-38-8-7-36(2)28(40)19-38)34-30-33-16-21-5-6-39(29(21)35-30)24-14-26(31)25(27(32)15-24)18-37-9-11-42(41)12-10-37/h3-6,13-16H,7-12,17-19H2,1-2H3,(H,33,34,35). The van der Waals surface area contributed by atoms with Gasteiger partial charge in [0.15, 0.2) is 0 Å². The van der Waals surface area contributed by atoms with Gasteiger partial charge in [-0.15, -0.1) is 0 Å². The fourth-order valence-electron chi connectivity index (χ4n) is 5.36. The van der Waals surface area contributed by atoms with Gasteiger partial charge in [-0.2, -0.15) is 4.98 Å². The largest absolute Gasteiger partial charge is 0.343 e. The normalized spacial score (nSPS) is 17.3. The third-order valence-corrected chi connectivity index (χ3v) is 9.29. The van der Waals surface area contributed by atoms with E-state index in [0.717, 1.165) is 28.7 Å². The molecular formula is C30H33F2N7O2S. The van der Waals surface area contributed by atoms with Crippen molar-refractivity contribution in [3.8, 4) is 5.69 Å². The summed E-state index contributed by atoms with van der Waals surface area (Å²) in [7, 11) is 0.973. The van der Waals surface area contributed by atoms with Gasteiger partial charge in [0.25, 0.3) is 0 Å². The summed E-state index contributed by atoms with van der Waals surface area (Å²) in [5, 5.41) is 3.99. The van der Waals surface area contributed by atoms with Crippen LogP contribution in [0, 0.1) is 18.6 Å². The van der Waals surface area contributed by atoms with Crippen LogP contribution in [-0.4, -0.2) is 90.6 Å². The van der Waals surface area contributed by atoms with Crippen molar-refractivity contribution < 1.29 is 17.8 Å². The third kappa shape index (κ3) is 6.06. The van der Waals surface area contributed by atoms with Crippen molar-refractivity contribution in [1.29, 1.82) is 0 Å². The lowest BCUT2D eigenvalue weighted by atomic mass is 10.1. The van der Waals surface area contributed by atoms with E-state index >= 15 is 8.78 Å². The number of aromatic nitrogens is 3. The zero-order valence-electron chi connectivity index (χ0n) is 23.6. The molecule has 4 aromatic rings. The van der Waals surface area contributed by atoms with Gasteiger partial charge in [-0.25, -0.2) is 13.8 Å². The van der Waals surface area contributed by atoms with Crippen LogP contribution in [0.4, 0.5) is 20.4 Å². The van der Waals surface area contributed by atoms with E-state index in [-0.39, 0.29) is 18.0 Å². The maximum absolute atomic E-state index is 15.2. The molecule has 9 nitrogen and oxygen atoms in total. The molecule has 2 saturated heterocycles. The number of anilines is 2.